The first kappa shape index (κ1) is 22.5. The number of carbonyl (C=O) groups excluding carboxylic acids is 1. The summed E-state index contributed by atoms with van der Waals surface area (Å²) in [6.07, 6.45) is 0. The van der Waals surface area contributed by atoms with Crippen LogP contribution in [0.4, 0.5) is 0 Å². The first-order valence-corrected chi connectivity index (χ1v) is 12.0. The molecule has 0 spiro atoms. The fourth-order valence-electron chi connectivity index (χ4n) is 2.67. The van der Waals surface area contributed by atoms with Gasteiger partial charge in [-0.1, -0.05) is 54.1 Å². The van der Waals surface area contributed by atoms with Crippen LogP contribution in [0.15, 0.2) is 48.5 Å². The highest BCUT2D eigenvalue weighted by Crippen LogP contribution is 2.14. The van der Waals surface area contributed by atoms with Crippen molar-refractivity contribution in [3.8, 4) is 0 Å². The quantitative estimate of drug-likeness (QED) is 0.618. The SMILES string of the molecule is Cc1ccc(CSCC(=O)NCc2ccccc2CS(=O)(=O)NC(C)C)cc1. The average molecular weight is 421 g/mol. The molecular formula is C21H28N2O3S2. The lowest BCUT2D eigenvalue weighted by atomic mass is 10.1. The van der Waals surface area contributed by atoms with Crippen LogP contribution in [0.2, 0.25) is 0 Å². The standard InChI is InChI=1S/C21H28N2O3S2/c1-16(2)23-28(25,26)15-20-7-5-4-6-19(20)12-22-21(24)14-27-13-18-10-8-17(3)9-11-18/h4-11,16,23H,12-15H2,1-3H3,(H,22,24). The van der Waals surface area contributed by atoms with E-state index >= 15 is 0 Å². The Morgan fingerprint density at radius 3 is 2.32 bits per heavy atom. The molecule has 0 aliphatic carbocycles. The fourth-order valence-corrected chi connectivity index (χ4v) is 4.98. The molecule has 0 atom stereocenters. The molecule has 0 aliphatic rings. The van der Waals surface area contributed by atoms with Crippen LogP contribution in [-0.4, -0.2) is 26.1 Å². The van der Waals surface area contributed by atoms with Gasteiger partial charge in [-0.3, -0.25) is 4.79 Å². The Hall–Kier alpha value is -1.83. The van der Waals surface area contributed by atoms with Gasteiger partial charge in [-0.2, -0.15) is 0 Å². The summed E-state index contributed by atoms with van der Waals surface area (Å²) >= 11 is 1.56. The molecule has 28 heavy (non-hydrogen) atoms. The third kappa shape index (κ3) is 8.04. The lowest BCUT2D eigenvalue weighted by molar-refractivity contribution is -0.118. The van der Waals surface area contributed by atoms with E-state index in [1.807, 2.05) is 25.1 Å². The molecule has 0 aliphatic heterocycles. The Kier molecular flexibility index (Phi) is 8.54. The Bertz CT molecular complexity index is 879. The van der Waals surface area contributed by atoms with Gasteiger partial charge in [0.25, 0.3) is 0 Å². The van der Waals surface area contributed by atoms with Gasteiger partial charge in [-0.05, 0) is 37.5 Å². The zero-order chi connectivity index (χ0) is 20.6. The monoisotopic (exact) mass is 420 g/mol. The van der Waals surface area contributed by atoms with Crippen molar-refractivity contribution in [3.05, 3.63) is 70.8 Å². The summed E-state index contributed by atoms with van der Waals surface area (Å²) in [4.78, 5) is 12.1. The second kappa shape index (κ2) is 10.6. The van der Waals surface area contributed by atoms with Gasteiger partial charge in [0.1, 0.15) is 0 Å². The number of hydrogen-bond acceptors (Lipinski definition) is 4. The van der Waals surface area contributed by atoms with E-state index in [4.69, 9.17) is 0 Å². The number of amides is 1. The van der Waals surface area contributed by atoms with Crippen LogP contribution in [0.3, 0.4) is 0 Å². The average Bonchev–Trinajstić information content (AvgIpc) is 2.61. The van der Waals surface area contributed by atoms with Crippen molar-refractivity contribution in [3.63, 3.8) is 0 Å². The Morgan fingerprint density at radius 2 is 1.68 bits per heavy atom. The van der Waals surface area contributed by atoms with Crippen LogP contribution in [0.5, 0.6) is 0 Å². The Labute approximate surface area is 172 Å². The summed E-state index contributed by atoms with van der Waals surface area (Å²) in [7, 11) is -3.41. The molecule has 2 N–H and O–H groups in total. The predicted octanol–water partition coefficient (Wildman–Crippen LogP) is 3.37. The van der Waals surface area contributed by atoms with Gasteiger partial charge in [0.15, 0.2) is 0 Å². The highest BCUT2D eigenvalue weighted by Gasteiger charge is 2.15. The van der Waals surface area contributed by atoms with Crippen LogP contribution in [-0.2, 0) is 32.9 Å². The molecule has 2 aromatic rings. The van der Waals surface area contributed by atoms with Gasteiger partial charge >= 0.3 is 0 Å². The Morgan fingerprint density at radius 1 is 1.04 bits per heavy atom. The van der Waals surface area contributed by atoms with E-state index in [1.165, 1.54) is 11.1 Å². The molecule has 1 amide bonds. The van der Waals surface area contributed by atoms with E-state index in [2.05, 4.69) is 34.3 Å². The molecule has 0 saturated carbocycles. The number of benzene rings is 2. The highest BCUT2D eigenvalue weighted by molar-refractivity contribution is 7.99. The molecule has 2 aromatic carbocycles. The molecule has 0 heterocycles. The van der Waals surface area contributed by atoms with Crippen molar-refractivity contribution in [2.45, 2.75) is 44.9 Å². The molecule has 0 radical (unpaired) electrons. The molecule has 152 valence electrons. The number of sulfonamides is 1. The number of hydrogen-bond donors (Lipinski definition) is 2. The molecule has 0 aromatic heterocycles. The number of aryl methyl sites for hydroxylation is 1. The molecule has 5 nitrogen and oxygen atoms in total. The van der Waals surface area contributed by atoms with Gasteiger partial charge in [0, 0.05) is 18.3 Å². The van der Waals surface area contributed by atoms with E-state index in [9.17, 15) is 13.2 Å². The van der Waals surface area contributed by atoms with Crippen molar-refractivity contribution in [2.75, 3.05) is 5.75 Å². The number of nitrogens with one attached hydrogen (secondary N) is 2. The lowest BCUT2D eigenvalue weighted by Gasteiger charge is -2.13. The molecule has 0 fully saturated rings. The van der Waals surface area contributed by atoms with Crippen molar-refractivity contribution < 1.29 is 13.2 Å². The van der Waals surface area contributed by atoms with Gasteiger partial charge in [0.05, 0.1) is 11.5 Å². The van der Waals surface area contributed by atoms with Gasteiger partial charge in [-0.25, -0.2) is 13.1 Å². The van der Waals surface area contributed by atoms with Gasteiger partial charge in [-0.15, -0.1) is 11.8 Å². The largest absolute Gasteiger partial charge is 0.351 e. The first-order valence-electron chi connectivity index (χ1n) is 9.22. The predicted molar refractivity (Wildman–Crippen MR) is 117 cm³/mol. The summed E-state index contributed by atoms with van der Waals surface area (Å²) < 4.78 is 27.0. The van der Waals surface area contributed by atoms with Crippen molar-refractivity contribution in [1.82, 2.24) is 10.0 Å². The van der Waals surface area contributed by atoms with Crippen LogP contribution in [0.1, 0.15) is 36.1 Å². The van der Waals surface area contributed by atoms with Crippen LogP contribution >= 0.6 is 11.8 Å². The molecule has 7 heteroatoms. The Balaban J connectivity index is 1.85. The van der Waals surface area contributed by atoms with Crippen molar-refractivity contribution >= 4 is 27.7 Å². The number of rotatable bonds is 10. The fraction of sp³-hybridized carbons (Fsp3) is 0.381. The summed E-state index contributed by atoms with van der Waals surface area (Å²) in [5.41, 5.74) is 3.92. The lowest BCUT2D eigenvalue weighted by Crippen LogP contribution is -2.32. The van der Waals surface area contributed by atoms with E-state index in [0.29, 0.717) is 17.9 Å². The van der Waals surface area contributed by atoms with E-state index in [-0.39, 0.29) is 17.7 Å². The molecular weight excluding hydrogens is 392 g/mol. The third-order valence-electron chi connectivity index (χ3n) is 3.98. The minimum atomic E-state index is -3.41. The zero-order valence-electron chi connectivity index (χ0n) is 16.6. The normalized spacial score (nSPS) is 11.6. The van der Waals surface area contributed by atoms with E-state index in [0.717, 1.165) is 11.3 Å². The van der Waals surface area contributed by atoms with E-state index in [1.54, 1.807) is 31.7 Å². The summed E-state index contributed by atoms with van der Waals surface area (Å²) in [6.45, 7) is 5.94. The number of carbonyl (C=O) groups is 1. The van der Waals surface area contributed by atoms with Crippen molar-refractivity contribution in [1.29, 1.82) is 0 Å². The minimum absolute atomic E-state index is 0.0601. The topological polar surface area (TPSA) is 75.3 Å². The summed E-state index contributed by atoms with van der Waals surface area (Å²) in [5.74, 6) is 0.988. The van der Waals surface area contributed by atoms with Crippen LogP contribution in [0.25, 0.3) is 0 Å². The maximum atomic E-state index is 12.2. The van der Waals surface area contributed by atoms with Crippen LogP contribution in [0, 0.1) is 6.92 Å². The zero-order valence-corrected chi connectivity index (χ0v) is 18.2. The summed E-state index contributed by atoms with van der Waals surface area (Å²) in [5, 5.41) is 2.89. The smallest absolute Gasteiger partial charge is 0.230 e. The molecule has 2 rings (SSSR count). The third-order valence-corrected chi connectivity index (χ3v) is 6.50. The van der Waals surface area contributed by atoms with Crippen LogP contribution < -0.4 is 10.0 Å². The highest BCUT2D eigenvalue weighted by atomic mass is 32.2. The molecule has 0 saturated heterocycles. The summed E-state index contributed by atoms with van der Waals surface area (Å²) in [6, 6.07) is 15.4. The van der Waals surface area contributed by atoms with Crippen molar-refractivity contribution in [2.24, 2.45) is 0 Å². The second-order valence-corrected chi connectivity index (χ2v) is 9.79. The second-order valence-electron chi connectivity index (χ2n) is 7.06. The maximum Gasteiger partial charge on any atom is 0.230 e. The maximum absolute atomic E-state index is 12.2. The number of thioether (sulfide) groups is 1. The van der Waals surface area contributed by atoms with Gasteiger partial charge in [0.2, 0.25) is 15.9 Å². The first-order chi connectivity index (χ1) is 13.2. The minimum Gasteiger partial charge on any atom is -0.351 e. The van der Waals surface area contributed by atoms with Gasteiger partial charge < -0.3 is 5.32 Å². The molecule has 0 unspecified atom stereocenters. The van der Waals surface area contributed by atoms with E-state index < -0.39 is 10.0 Å². The molecule has 0 bridgehead atoms.